The maximum Gasteiger partial charge on any atom is 0.194 e. The molecular formula is C21H28N6S. The van der Waals surface area contributed by atoms with E-state index in [1.54, 1.807) is 11.3 Å². The number of hydrogen-bond donors (Lipinski definition) is 1. The van der Waals surface area contributed by atoms with Crippen LogP contribution < -0.4 is 5.32 Å². The van der Waals surface area contributed by atoms with Gasteiger partial charge in [0.2, 0.25) is 0 Å². The Labute approximate surface area is 171 Å². The highest BCUT2D eigenvalue weighted by atomic mass is 32.1. The Morgan fingerprint density at radius 2 is 2.04 bits per heavy atom. The highest BCUT2D eigenvalue weighted by Gasteiger charge is 2.15. The Morgan fingerprint density at radius 1 is 1.29 bits per heavy atom. The lowest BCUT2D eigenvalue weighted by molar-refractivity contribution is 0.473. The number of nitrogens with zero attached hydrogens (tertiary/aromatic N) is 5. The van der Waals surface area contributed by atoms with Crippen molar-refractivity contribution in [1.82, 2.24) is 25.0 Å². The number of nitrogens with one attached hydrogen (secondary N) is 1. The summed E-state index contributed by atoms with van der Waals surface area (Å²) in [6, 6.07) is 10.3. The van der Waals surface area contributed by atoms with Crippen molar-refractivity contribution in [2.24, 2.45) is 12.0 Å². The van der Waals surface area contributed by atoms with E-state index in [9.17, 15) is 0 Å². The summed E-state index contributed by atoms with van der Waals surface area (Å²) in [5, 5.41) is 11.2. The zero-order chi connectivity index (χ0) is 20.1. The number of aryl methyl sites for hydroxylation is 1. The van der Waals surface area contributed by atoms with E-state index in [4.69, 9.17) is 4.98 Å². The average molecular weight is 397 g/mol. The van der Waals surface area contributed by atoms with E-state index in [1.807, 2.05) is 44.0 Å². The van der Waals surface area contributed by atoms with Crippen molar-refractivity contribution in [2.75, 3.05) is 14.1 Å². The van der Waals surface area contributed by atoms with Crippen molar-refractivity contribution in [3.8, 4) is 11.3 Å². The van der Waals surface area contributed by atoms with Gasteiger partial charge < -0.3 is 10.2 Å². The number of guanidine groups is 1. The molecule has 7 heteroatoms. The van der Waals surface area contributed by atoms with E-state index in [-0.39, 0.29) is 0 Å². The molecule has 0 aliphatic rings. The van der Waals surface area contributed by atoms with Gasteiger partial charge >= 0.3 is 0 Å². The van der Waals surface area contributed by atoms with E-state index >= 15 is 0 Å². The first-order chi connectivity index (χ1) is 13.5. The van der Waals surface area contributed by atoms with Crippen molar-refractivity contribution >= 4 is 17.3 Å². The van der Waals surface area contributed by atoms with Crippen LogP contribution in [0, 0.1) is 0 Å². The van der Waals surface area contributed by atoms with Crippen LogP contribution in [0.2, 0.25) is 0 Å². The molecule has 0 aliphatic heterocycles. The molecule has 6 nitrogen and oxygen atoms in total. The minimum absolute atomic E-state index is 0.395. The molecule has 0 bridgehead atoms. The standard InChI is InChI=1S/C21H28N6S/c1-15(2)20-17(13-27(5)25-20)12-26(4)21(22-3)23-11-19-24-18(14-28-19)16-9-7-6-8-10-16/h6-10,13-15H,11-12H2,1-5H3,(H,22,23). The fraction of sp³-hybridized carbons (Fsp3) is 0.381. The molecule has 0 amide bonds. The summed E-state index contributed by atoms with van der Waals surface area (Å²) in [6.07, 6.45) is 2.09. The van der Waals surface area contributed by atoms with E-state index in [1.165, 1.54) is 5.56 Å². The average Bonchev–Trinajstić information content (AvgIpc) is 3.29. The predicted octanol–water partition coefficient (Wildman–Crippen LogP) is 3.87. The lowest BCUT2D eigenvalue weighted by Gasteiger charge is -2.22. The van der Waals surface area contributed by atoms with Gasteiger partial charge in [-0.1, -0.05) is 44.2 Å². The minimum Gasteiger partial charge on any atom is -0.350 e. The number of rotatable bonds is 6. The van der Waals surface area contributed by atoms with Gasteiger partial charge in [0, 0.05) is 50.4 Å². The fourth-order valence-electron chi connectivity index (χ4n) is 3.17. The molecule has 0 atom stereocenters. The largest absolute Gasteiger partial charge is 0.350 e. The van der Waals surface area contributed by atoms with Crippen molar-refractivity contribution in [1.29, 1.82) is 0 Å². The Morgan fingerprint density at radius 3 is 2.71 bits per heavy atom. The molecule has 0 spiro atoms. The summed E-state index contributed by atoms with van der Waals surface area (Å²) in [7, 11) is 5.82. The van der Waals surface area contributed by atoms with Crippen molar-refractivity contribution in [3.63, 3.8) is 0 Å². The third-order valence-electron chi connectivity index (χ3n) is 4.48. The van der Waals surface area contributed by atoms with Crippen LogP contribution in [-0.2, 0) is 20.1 Å². The van der Waals surface area contributed by atoms with Crippen LogP contribution in [-0.4, -0.2) is 39.7 Å². The molecule has 148 valence electrons. The molecule has 3 rings (SSSR count). The fourth-order valence-corrected chi connectivity index (χ4v) is 3.91. The molecule has 1 aromatic carbocycles. The summed E-state index contributed by atoms with van der Waals surface area (Å²) >= 11 is 1.66. The van der Waals surface area contributed by atoms with Gasteiger partial charge in [0.1, 0.15) is 5.01 Å². The van der Waals surface area contributed by atoms with Gasteiger partial charge in [-0.05, 0) is 5.92 Å². The summed E-state index contributed by atoms with van der Waals surface area (Å²) in [4.78, 5) is 11.3. The van der Waals surface area contributed by atoms with Crippen molar-refractivity contribution in [2.45, 2.75) is 32.9 Å². The molecule has 2 heterocycles. The van der Waals surface area contributed by atoms with Gasteiger partial charge in [-0.3, -0.25) is 9.67 Å². The van der Waals surface area contributed by atoms with Gasteiger partial charge in [-0.25, -0.2) is 4.98 Å². The van der Waals surface area contributed by atoms with E-state index in [0.717, 1.165) is 34.5 Å². The molecule has 0 aliphatic carbocycles. The van der Waals surface area contributed by atoms with Gasteiger partial charge in [0.25, 0.3) is 0 Å². The van der Waals surface area contributed by atoms with Crippen LogP contribution in [0.3, 0.4) is 0 Å². The first-order valence-electron chi connectivity index (χ1n) is 9.42. The number of hydrogen-bond acceptors (Lipinski definition) is 4. The highest BCUT2D eigenvalue weighted by Crippen LogP contribution is 2.22. The molecule has 0 unspecified atom stereocenters. The second-order valence-corrected chi connectivity index (χ2v) is 8.06. The Kier molecular flexibility index (Phi) is 6.46. The smallest absolute Gasteiger partial charge is 0.194 e. The Balaban J connectivity index is 1.63. The van der Waals surface area contributed by atoms with Crippen LogP contribution in [0.1, 0.15) is 36.0 Å². The van der Waals surface area contributed by atoms with Crippen LogP contribution in [0.15, 0.2) is 46.9 Å². The molecular weight excluding hydrogens is 368 g/mol. The zero-order valence-corrected chi connectivity index (χ0v) is 18.0. The number of thiazole rings is 1. The van der Waals surface area contributed by atoms with Crippen molar-refractivity contribution in [3.05, 3.63) is 58.2 Å². The quantitative estimate of drug-likeness (QED) is 0.507. The van der Waals surface area contributed by atoms with Crippen LogP contribution in [0.5, 0.6) is 0 Å². The van der Waals surface area contributed by atoms with Gasteiger partial charge in [-0.15, -0.1) is 11.3 Å². The number of aromatic nitrogens is 3. The second kappa shape index (κ2) is 9.01. The first kappa shape index (κ1) is 20.1. The number of benzene rings is 1. The highest BCUT2D eigenvalue weighted by molar-refractivity contribution is 7.09. The summed E-state index contributed by atoms with van der Waals surface area (Å²) in [6.45, 7) is 5.75. The second-order valence-electron chi connectivity index (χ2n) is 7.12. The molecule has 0 saturated heterocycles. The lowest BCUT2D eigenvalue weighted by Crippen LogP contribution is -2.38. The SMILES string of the molecule is CN=C(NCc1nc(-c2ccccc2)cs1)N(C)Cc1cn(C)nc1C(C)C. The summed E-state index contributed by atoms with van der Waals surface area (Å²) in [5.41, 5.74) is 4.52. The Hall–Kier alpha value is -2.67. The maximum atomic E-state index is 4.74. The van der Waals surface area contributed by atoms with Crippen LogP contribution in [0.4, 0.5) is 0 Å². The topological polar surface area (TPSA) is 58.3 Å². The molecule has 2 aromatic heterocycles. The predicted molar refractivity (Wildman–Crippen MR) is 117 cm³/mol. The minimum atomic E-state index is 0.395. The van der Waals surface area contributed by atoms with E-state index in [2.05, 4.69) is 57.9 Å². The molecule has 0 fully saturated rings. The lowest BCUT2D eigenvalue weighted by atomic mass is 10.1. The van der Waals surface area contributed by atoms with Crippen LogP contribution in [0.25, 0.3) is 11.3 Å². The van der Waals surface area contributed by atoms with Gasteiger partial charge in [0.15, 0.2) is 5.96 Å². The normalized spacial score (nSPS) is 11.9. The zero-order valence-electron chi connectivity index (χ0n) is 17.2. The molecule has 0 saturated carbocycles. The third kappa shape index (κ3) is 4.78. The van der Waals surface area contributed by atoms with E-state index < -0.39 is 0 Å². The molecule has 3 aromatic rings. The molecule has 1 N–H and O–H groups in total. The number of aliphatic imine (C=N–C) groups is 1. The van der Waals surface area contributed by atoms with E-state index in [0.29, 0.717) is 12.5 Å². The third-order valence-corrected chi connectivity index (χ3v) is 5.33. The van der Waals surface area contributed by atoms with Gasteiger partial charge in [0.05, 0.1) is 17.9 Å². The van der Waals surface area contributed by atoms with Crippen LogP contribution >= 0.6 is 11.3 Å². The van der Waals surface area contributed by atoms with Gasteiger partial charge in [-0.2, -0.15) is 5.10 Å². The summed E-state index contributed by atoms with van der Waals surface area (Å²) in [5.74, 6) is 1.24. The molecule has 0 radical (unpaired) electrons. The summed E-state index contributed by atoms with van der Waals surface area (Å²) < 4.78 is 1.88. The monoisotopic (exact) mass is 396 g/mol. The maximum absolute atomic E-state index is 4.74. The van der Waals surface area contributed by atoms with Crippen molar-refractivity contribution < 1.29 is 0 Å². The first-order valence-corrected chi connectivity index (χ1v) is 10.3. The molecule has 28 heavy (non-hydrogen) atoms. The Bertz CT molecular complexity index is 926.